The van der Waals surface area contributed by atoms with Gasteiger partial charge >= 0.3 is 0 Å². The number of nitrogens with one attached hydrogen (secondary N) is 1. The standard InChI is InChI=1S/C13H20N2O4S/c1-4-15(10-13(16)14-3)20(17,18)12-8-6-11(7-9-12)19-5-2/h6-9H,4-5,10H2,1-3H3,(H,14,16). The number of amides is 1. The molecule has 0 spiro atoms. The second-order valence-corrected chi connectivity index (χ2v) is 5.95. The lowest BCUT2D eigenvalue weighted by Crippen LogP contribution is -2.39. The van der Waals surface area contributed by atoms with Gasteiger partial charge < -0.3 is 10.1 Å². The van der Waals surface area contributed by atoms with E-state index in [1.165, 1.54) is 19.2 Å². The van der Waals surface area contributed by atoms with Gasteiger partial charge in [-0.3, -0.25) is 4.79 Å². The highest BCUT2D eigenvalue weighted by molar-refractivity contribution is 7.89. The molecule has 0 saturated heterocycles. The van der Waals surface area contributed by atoms with E-state index in [-0.39, 0.29) is 23.9 Å². The number of carbonyl (C=O) groups excluding carboxylic acids is 1. The Bertz CT molecular complexity index is 540. The second kappa shape index (κ2) is 7.25. The van der Waals surface area contributed by atoms with Crippen molar-refractivity contribution in [1.29, 1.82) is 0 Å². The maximum atomic E-state index is 12.4. The number of benzene rings is 1. The molecule has 1 N–H and O–H groups in total. The van der Waals surface area contributed by atoms with Crippen molar-refractivity contribution in [2.45, 2.75) is 18.7 Å². The number of likely N-dealkylation sites (N-methyl/N-ethyl adjacent to an activating group) is 2. The van der Waals surface area contributed by atoms with Crippen molar-refractivity contribution in [3.05, 3.63) is 24.3 Å². The second-order valence-electron chi connectivity index (χ2n) is 4.01. The zero-order chi connectivity index (χ0) is 15.2. The van der Waals surface area contributed by atoms with Crippen molar-refractivity contribution < 1.29 is 17.9 Å². The average molecular weight is 300 g/mol. The Morgan fingerprint density at radius 3 is 2.30 bits per heavy atom. The molecule has 6 nitrogen and oxygen atoms in total. The van der Waals surface area contributed by atoms with E-state index in [1.807, 2.05) is 6.92 Å². The molecule has 1 amide bonds. The van der Waals surface area contributed by atoms with Gasteiger partial charge in [-0.2, -0.15) is 4.31 Å². The summed E-state index contributed by atoms with van der Waals surface area (Å²) < 4.78 is 31.2. The van der Waals surface area contributed by atoms with Crippen molar-refractivity contribution >= 4 is 15.9 Å². The van der Waals surface area contributed by atoms with Crippen LogP contribution >= 0.6 is 0 Å². The Labute approximate surface area is 119 Å². The highest BCUT2D eigenvalue weighted by atomic mass is 32.2. The maximum absolute atomic E-state index is 12.4. The number of hydrogen-bond acceptors (Lipinski definition) is 4. The van der Waals surface area contributed by atoms with Crippen LogP contribution in [-0.2, 0) is 14.8 Å². The number of ether oxygens (including phenoxy) is 1. The molecule has 112 valence electrons. The monoisotopic (exact) mass is 300 g/mol. The highest BCUT2D eigenvalue weighted by Gasteiger charge is 2.24. The summed E-state index contributed by atoms with van der Waals surface area (Å²) >= 11 is 0. The molecule has 1 aromatic carbocycles. The first-order valence-electron chi connectivity index (χ1n) is 6.39. The van der Waals surface area contributed by atoms with Crippen LogP contribution in [0.1, 0.15) is 13.8 Å². The van der Waals surface area contributed by atoms with Crippen LogP contribution in [0.5, 0.6) is 5.75 Å². The largest absolute Gasteiger partial charge is 0.494 e. The van der Waals surface area contributed by atoms with Crippen LogP contribution < -0.4 is 10.1 Å². The van der Waals surface area contributed by atoms with Crippen LogP contribution in [0.2, 0.25) is 0 Å². The Morgan fingerprint density at radius 2 is 1.85 bits per heavy atom. The molecule has 1 aromatic rings. The third-order valence-corrected chi connectivity index (χ3v) is 4.66. The van der Waals surface area contributed by atoms with E-state index in [9.17, 15) is 13.2 Å². The summed E-state index contributed by atoms with van der Waals surface area (Å²) in [5, 5.41) is 2.41. The summed E-state index contributed by atoms with van der Waals surface area (Å²) in [7, 11) is -2.20. The Balaban J connectivity index is 2.98. The van der Waals surface area contributed by atoms with E-state index in [2.05, 4.69) is 5.32 Å². The molecule has 0 aliphatic rings. The van der Waals surface area contributed by atoms with Crippen LogP contribution in [0.4, 0.5) is 0 Å². The first-order chi connectivity index (χ1) is 9.45. The molecule has 0 bridgehead atoms. The van der Waals surface area contributed by atoms with E-state index >= 15 is 0 Å². The van der Waals surface area contributed by atoms with Crippen molar-refractivity contribution in [3.8, 4) is 5.75 Å². The van der Waals surface area contributed by atoms with E-state index in [4.69, 9.17) is 4.74 Å². The minimum atomic E-state index is -3.67. The molecule has 0 fully saturated rings. The number of rotatable bonds is 7. The number of hydrogen-bond donors (Lipinski definition) is 1. The fourth-order valence-electron chi connectivity index (χ4n) is 1.63. The molecular formula is C13H20N2O4S. The predicted octanol–water partition coefficient (Wildman–Crippen LogP) is 0.842. The average Bonchev–Trinajstić information content (AvgIpc) is 2.45. The van der Waals surface area contributed by atoms with Crippen LogP contribution in [0.15, 0.2) is 29.2 Å². The van der Waals surface area contributed by atoms with Crippen molar-refractivity contribution in [2.75, 3.05) is 26.7 Å². The smallest absolute Gasteiger partial charge is 0.243 e. The highest BCUT2D eigenvalue weighted by Crippen LogP contribution is 2.19. The molecule has 0 aromatic heterocycles. The first-order valence-corrected chi connectivity index (χ1v) is 7.83. The van der Waals surface area contributed by atoms with Crippen LogP contribution in [-0.4, -0.2) is 45.4 Å². The van der Waals surface area contributed by atoms with Crippen LogP contribution in [0.3, 0.4) is 0 Å². The third-order valence-electron chi connectivity index (χ3n) is 2.72. The Kier molecular flexibility index (Phi) is 5.97. The summed E-state index contributed by atoms with van der Waals surface area (Å²) in [6, 6.07) is 6.16. The third kappa shape index (κ3) is 3.94. The van der Waals surface area contributed by atoms with Gasteiger partial charge in [0.15, 0.2) is 0 Å². The van der Waals surface area contributed by atoms with Gasteiger partial charge in [0.2, 0.25) is 15.9 Å². The molecule has 7 heteroatoms. The molecular weight excluding hydrogens is 280 g/mol. The van der Waals surface area contributed by atoms with Crippen molar-refractivity contribution in [1.82, 2.24) is 9.62 Å². The maximum Gasteiger partial charge on any atom is 0.243 e. The van der Waals surface area contributed by atoms with Gasteiger partial charge in [-0.25, -0.2) is 8.42 Å². The minimum Gasteiger partial charge on any atom is -0.494 e. The zero-order valence-corrected chi connectivity index (χ0v) is 12.7. The lowest BCUT2D eigenvalue weighted by Gasteiger charge is -2.19. The predicted molar refractivity (Wildman–Crippen MR) is 76.1 cm³/mol. The minimum absolute atomic E-state index is 0.145. The van der Waals surface area contributed by atoms with Crippen LogP contribution in [0, 0.1) is 0 Å². The van der Waals surface area contributed by atoms with E-state index in [1.54, 1.807) is 19.1 Å². The van der Waals surface area contributed by atoms with Gasteiger partial charge in [-0.05, 0) is 31.2 Å². The fourth-order valence-corrected chi connectivity index (χ4v) is 3.03. The van der Waals surface area contributed by atoms with Gasteiger partial charge in [0.1, 0.15) is 5.75 Å². The summed E-state index contributed by atoms with van der Waals surface area (Å²) in [6.07, 6.45) is 0. The molecule has 0 aliphatic heterocycles. The summed E-state index contributed by atoms with van der Waals surface area (Å²) in [5.41, 5.74) is 0. The van der Waals surface area contributed by atoms with Crippen molar-refractivity contribution in [3.63, 3.8) is 0 Å². The normalized spacial score (nSPS) is 11.4. The molecule has 0 saturated carbocycles. The quantitative estimate of drug-likeness (QED) is 0.809. The Morgan fingerprint density at radius 1 is 1.25 bits per heavy atom. The van der Waals surface area contributed by atoms with Gasteiger partial charge in [0.25, 0.3) is 0 Å². The molecule has 20 heavy (non-hydrogen) atoms. The lowest BCUT2D eigenvalue weighted by molar-refractivity contribution is -0.120. The number of nitrogens with zero attached hydrogens (tertiary/aromatic N) is 1. The van der Waals surface area contributed by atoms with E-state index in [0.29, 0.717) is 12.4 Å². The molecule has 0 aliphatic carbocycles. The van der Waals surface area contributed by atoms with E-state index in [0.717, 1.165) is 4.31 Å². The molecule has 1 rings (SSSR count). The molecule has 0 unspecified atom stereocenters. The first kappa shape index (κ1) is 16.5. The Hall–Kier alpha value is -1.60. The number of carbonyl (C=O) groups is 1. The molecule has 0 atom stereocenters. The summed E-state index contributed by atoms with van der Waals surface area (Å²) in [4.78, 5) is 11.5. The summed E-state index contributed by atoms with van der Waals surface area (Å²) in [5.74, 6) is 0.266. The SMILES string of the molecule is CCOc1ccc(S(=O)(=O)N(CC)CC(=O)NC)cc1. The van der Waals surface area contributed by atoms with Gasteiger partial charge in [-0.1, -0.05) is 6.92 Å². The van der Waals surface area contributed by atoms with Gasteiger partial charge in [0, 0.05) is 13.6 Å². The molecule has 0 radical (unpaired) electrons. The topological polar surface area (TPSA) is 75.7 Å². The van der Waals surface area contributed by atoms with Crippen molar-refractivity contribution in [2.24, 2.45) is 0 Å². The summed E-state index contributed by atoms with van der Waals surface area (Å²) in [6.45, 7) is 4.09. The zero-order valence-electron chi connectivity index (χ0n) is 11.9. The fraction of sp³-hybridized carbons (Fsp3) is 0.462. The van der Waals surface area contributed by atoms with Crippen LogP contribution in [0.25, 0.3) is 0 Å². The van der Waals surface area contributed by atoms with Gasteiger partial charge in [-0.15, -0.1) is 0 Å². The lowest BCUT2D eigenvalue weighted by atomic mass is 10.3. The van der Waals surface area contributed by atoms with Gasteiger partial charge in [0.05, 0.1) is 18.0 Å². The van der Waals surface area contributed by atoms with E-state index < -0.39 is 10.0 Å². The number of sulfonamides is 1. The molecule has 0 heterocycles.